The number of nitrogens with two attached hydrogens (primary N) is 1. The third-order valence-corrected chi connectivity index (χ3v) is 2.92. The van der Waals surface area contributed by atoms with Crippen molar-refractivity contribution in [3.8, 4) is 5.75 Å². The lowest BCUT2D eigenvalue weighted by atomic mass is 10.0. The minimum absolute atomic E-state index is 0. The SMILES string of the molecule is CCNCc1c(OCC(N)=O)ccc2ccccc12.Cl. The highest BCUT2D eigenvalue weighted by Crippen LogP contribution is 2.28. The highest BCUT2D eigenvalue weighted by molar-refractivity contribution is 5.88. The molecule has 2 rings (SSSR count). The van der Waals surface area contributed by atoms with Crippen LogP contribution in [0.1, 0.15) is 12.5 Å². The van der Waals surface area contributed by atoms with Crippen LogP contribution >= 0.6 is 12.4 Å². The van der Waals surface area contributed by atoms with Gasteiger partial charge in [0.2, 0.25) is 0 Å². The fourth-order valence-electron chi connectivity index (χ4n) is 2.03. The molecule has 0 aromatic heterocycles. The molecule has 0 spiro atoms. The van der Waals surface area contributed by atoms with Crippen molar-refractivity contribution >= 4 is 29.1 Å². The molecule has 0 atom stereocenters. The molecule has 0 aliphatic heterocycles. The topological polar surface area (TPSA) is 64.3 Å². The lowest BCUT2D eigenvalue weighted by Crippen LogP contribution is -2.21. The summed E-state index contributed by atoms with van der Waals surface area (Å²) in [5.74, 6) is 0.237. The molecular formula is C15H19ClN2O2. The molecule has 0 aliphatic rings. The van der Waals surface area contributed by atoms with Gasteiger partial charge in [0.1, 0.15) is 5.75 Å². The molecule has 0 aliphatic carbocycles. The minimum Gasteiger partial charge on any atom is -0.483 e. The zero-order chi connectivity index (χ0) is 13.7. The van der Waals surface area contributed by atoms with Gasteiger partial charge in [-0.05, 0) is 23.4 Å². The summed E-state index contributed by atoms with van der Waals surface area (Å²) >= 11 is 0. The summed E-state index contributed by atoms with van der Waals surface area (Å²) in [5, 5.41) is 5.57. The summed E-state index contributed by atoms with van der Waals surface area (Å²) in [5.41, 5.74) is 6.18. The predicted molar refractivity (Wildman–Crippen MR) is 83.3 cm³/mol. The van der Waals surface area contributed by atoms with Crippen LogP contribution in [0.15, 0.2) is 36.4 Å². The van der Waals surface area contributed by atoms with Gasteiger partial charge in [0.05, 0.1) is 0 Å². The smallest absolute Gasteiger partial charge is 0.255 e. The molecule has 2 aromatic rings. The number of halogens is 1. The number of hydrogen-bond donors (Lipinski definition) is 2. The number of ether oxygens (including phenoxy) is 1. The van der Waals surface area contributed by atoms with Crippen molar-refractivity contribution in [2.24, 2.45) is 5.73 Å². The van der Waals surface area contributed by atoms with E-state index in [1.807, 2.05) is 24.3 Å². The third-order valence-electron chi connectivity index (χ3n) is 2.92. The number of hydrogen-bond acceptors (Lipinski definition) is 3. The Labute approximate surface area is 124 Å². The highest BCUT2D eigenvalue weighted by atomic mass is 35.5. The first-order chi connectivity index (χ1) is 9.22. The van der Waals surface area contributed by atoms with E-state index in [4.69, 9.17) is 10.5 Å². The van der Waals surface area contributed by atoms with Gasteiger partial charge >= 0.3 is 0 Å². The van der Waals surface area contributed by atoms with E-state index in [9.17, 15) is 4.79 Å². The van der Waals surface area contributed by atoms with Gasteiger partial charge in [-0.3, -0.25) is 4.79 Å². The molecule has 0 bridgehead atoms. The molecular weight excluding hydrogens is 276 g/mol. The summed E-state index contributed by atoms with van der Waals surface area (Å²) < 4.78 is 5.49. The Bertz CT molecular complexity index is 587. The van der Waals surface area contributed by atoms with Crippen molar-refractivity contribution in [2.75, 3.05) is 13.2 Å². The second kappa shape index (κ2) is 7.72. The lowest BCUT2D eigenvalue weighted by molar-refractivity contribution is -0.119. The van der Waals surface area contributed by atoms with Crippen LogP contribution in [0.2, 0.25) is 0 Å². The number of primary amides is 1. The van der Waals surface area contributed by atoms with Crippen LogP contribution in [0.5, 0.6) is 5.75 Å². The van der Waals surface area contributed by atoms with Crippen molar-refractivity contribution < 1.29 is 9.53 Å². The highest BCUT2D eigenvalue weighted by Gasteiger charge is 2.09. The number of carbonyl (C=O) groups is 1. The van der Waals surface area contributed by atoms with E-state index < -0.39 is 5.91 Å². The largest absolute Gasteiger partial charge is 0.483 e. The number of fused-ring (bicyclic) bond motifs is 1. The number of carbonyl (C=O) groups excluding carboxylic acids is 1. The second-order valence-electron chi connectivity index (χ2n) is 4.30. The van der Waals surface area contributed by atoms with Crippen molar-refractivity contribution in [1.29, 1.82) is 0 Å². The lowest BCUT2D eigenvalue weighted by Gasteiger charge is -2.13. The number of rotatable bonds is 6. The molecule has 1 amide bonds. The quantitative estimate of drug-likeness (QED) is 0.859. The molecule has 4 nitrogen and oxygen atoms in total. The first-order valence-electron chi connectivity index (χ1n) is 6.34. The van der Waals surface area contributed by atoms with E-state index in [0.29, 0.717) is 12.3 Å². The molecule has 0 heterocycles. The Balaban J connectivity index is 0.00000200. The number of benzene rings is 2. The molecule has 20 heavy (non-hydrogen) atoms. The summed E-state index contributed by atoms with van der Waals surface area (Å²) in [6.07, 6.45) is 0. The van der Waals surface area contributed by atoms with E-state index in [0.717, 1.165) is 22.9 Å². The van der Waals surface area contributed by atoms with Crippen molar-refractivity contribution in [2.45, 2.75) is 13.5 Å². The maximum Gasteiger partial charge on any atom is 0.255 e. The van der Waals surface area contributed by atoms with E-state index in [1.54, 1.807) is 0 Å². The Morgan fingerprint density at radius 3 is 2.70 bits per heavy atom. The Morgan fingerprint density at radius 1 is 1.25 bits per heavy atom. The van der Waals surface area contributed by atoms with E-state index in [-0.39, 0.29) is 19.0 Å². The number of amides is 1. The van der Waals surface area contributed by atoms with Gasteiger partial charge in [-0.25, -0.2) is 0 Å². The maximum atomic E-state index is 10.8. The molecule has 0 saturated heterocycles. The van der Waals surface area contributed by atoms with Gasteiger partial charge in [-0.1, -0.05) is 37.3 Å². The van der Waals surface area contributed by atoms with Gasteiger partial charge in [0.25, 0.3) is 5.91 Å². The first kappa shape index (κ1) is 16.3. The molecule has 108 valence electrons. The molecule has 0 saturated carbocycles. The minimum atomic E-state index is -0.470. The summed E-state index contributed by atoms with van der Waals surface area (Å²) in [7, 11) is 0. The predicted octanol–water partition coefficient (Wildman–Crippen LogP) is 2.24. The van der Waals surface area contributed by atoms with Crippen LogP contribution < -0.4 is 15.8 Å². The van der Waals surface area contributed by atoms with Crippen LogP contribution in [0.4, 0.5) is 0 Å². The van der Waals surface area contributed by atoms with Gasteiger partial charge in [0, 0.05) is 12.1 Å². The fourth-order valence-corrected chi connectivity index (χ4v) is 2.03. The summed E-state index contributed by atoms with van der Waals surface area (Å²) in [4.78, 5) is 10.8. The second-order valence-corrected chi connectivity index (χ2v) is 4.30. The van der Waals surface area contributed by atoms with E-state index >= 15 is 0 Å². The Hall–Kier alpha value is -1.78. The van der Waals surface area contributed by atoms with E-state index in [1.165, 1.54) is 0 Å². The first-order valence-corrected chi connectivity index (χ1v) is 6.34. The molecule has 0 unspecified atom stereocenters. The summed E-state index contributed by atoms with van der Waals surface area (Å²) in [6, 6.07) is 12.0. The van der Waals surface area contributed by atoms with E-state index in [2.05, 4.69) is 24.4 Å². The molecule has 3 N–H and O–H groups in total. The van der Waals surface area contributed by atoms with Gasteiger partial charge in [-0.2, -0.15) is 0 Å². The zero-order valence-electron chi connectivity index (χ0n) is 11.4. The van der Waals surface area contributed by atoms with Crippen LogP contribution in [0.3, 0.4) is 0 Å². The molecule has 0 fully saturated rings. The maximum absolute atomic E-state index is 10.8. The molecule has 2 aromatic carbocycles. The van der Waals surface area contributed by atoms with Gasteiger partial charge in [-0.15, -0.1) is 12.4 Å². The third kappa shape index (κ3) is 3.85. The normalized spacial score (nSPS) is 10.1. The zero-order valence-corrected chi connectivity index (χ0v) is 12.2. The number of nitrogens with one attached hydrogen (secondary N) is 1. The van der Waals surface area contributed by atoms with Crippen LogP contribution in [0.25, 0.3) is 10.8 Å². The van der Waals surface area contributed by atoms with Gasteiger partial charge in [0.15, 0.2) is 6.61 Å². The Morgan fingerprint density at radius 2 is 2.00 bits per heavy atom. The van der Waals surface area contributed by atoms with Crippen LogP contribution in [-0.2, 0) is 11.3 Å². The average Bonchev–Trinajstić information content (AvgIpc) is 2.43. The van der Waals surface area contributed by atoms with Crippen LogP contribution in [0, 0.1) is 0 Å². The average molecular weight is 295 g/mol. The van der Waals surface area contributed by atoms with Crippen molar-refractivity contribution in [3.05, 3.63) is 42.0 Å². The summed E-state index contributed by atoms with van der Waals surface area (Å²) in [6.45, 7) is 3.52. The van der Waals surface area contributed by atoms with Crippen molar-refractivity contribution in [3.63, 3.8) is 0 Å². The Kier molecular flexibility index (Phi) is 6.28. The van der Waals surface area contributed by atoms with Crippen molar-refractivity contribution in [1.82, 2.24) is 5.32 Å². The monoisotopic (exact) mass is 294 g/mol. The van der Waals surface area contributed by atoms with Gasteiger partial charge < -0.3 is 15.8 Å². The molecule has 0 radical (unpaired) electrons. The molecule has 5 heteroatoms. The van der Waals surface area contributed by atoms with Crippen LogP contribution in [-0.4, -0.2) is 19.1 Å². The standard InChI is InChI=1S/C15H18N2O2.ClH/c1-2-17-9-13-12-6-4-3-5-11(12)7-8-14(13)19-10-15(16)18;/h3-8,17H,2,9-10H2,1H3,(H2,16,18);1H. The fraction of sp³-hybridized carbons (Fsp3) is 0.267.